The Labute approximate surface area is 197 Å². The predicted molar refractivity (Wildman–Crippen MR) is 142 cm³/mol. The van der Waals surface area contributed by atoms with E-state index in [2.05, 4.69) is 24.1 Å². The molecule has 0 saturated carbocycles. The van der Waals surface area contributed by atoms with Crippen molar-refractivity contribution in [2.45, 2.75) is 142 Å². The molecule has 188 valence electrons. The van der Waals surface area contributed by atoms with Gasteiger partial charge in [0, 0.05) is 26.2 Å². The van der Waals surface area contributed by atoms with Crippen molar-refractivity contribution in [3.05, 3.63) is 0 Å². The molecule has 0 spiro atoms. The lowest BCUT2D eigenvalue weighted by Gasteiger charge is -2.21. The van der Waals surface area contributed by atoms with Gasteiger partial charge in [0.25, 0.3) is 0 Å². The third-order valence-corrected chi connectivity index (χ3v) is 6.59. The lowest BCUT2D eigenvalue weighted by Crippen LogP contribution is -2.36. The van der Waals surface area contributed by atoms with Crippen LogP contribution in [-0.2, 0) is 0 Å². The lowest BCUT2D eigenvalue weighted by atomic mass is 10.1. The Morgan fingerprint density at radius 2 is 0.871 bits per heavy atom. The molecule has 3 N–H and O–H groups in total. The van der Waals surface area contributed by atoms with Crippen LogP contribution in [0.25, 0.3) is 0 Å². The van der Waals surface area contributed by atoms with Gasteiger partial charge in [-0.05, 0) is 25.9 Å². The molecule has 0 atom stereocenters. The van der Waals surface area contributed by atoms with Crippen LogP contribution in [0.5, 0.6) is 0 Å². The van der Waals surface area contributed by atoms with Crippen molar-refractivity contribution in [1.82, 2.24) is 10.2 Å². The molecule has 3 heteroatoms. The Morgan fingerprint density at radius 3 is 1.32 bits per heavy atom. The summed E-state index contributed by atoms with van der Waals surface area (Å²) in [5, 5.41) is 3.66. The molecule has 0 aromatic heterocycles. The van der Waals surface area contributed by atoms with Crippen molar-refractivity contribution >= 4 is 0 Å². The molecule has 31 heavy (non-hydrogen) atoms. The molecular weight excluding hydrogens is 378 g/mol. The molecule has 0 unspecified atom stereocenters. The molecule has 0 aliphatic rings. The Balaban J connectivity index is 3.38. The van der Waals surface area contributed by atoms with Gasteiger partial charge in [0.2, 0.25) is 0 Å². The summed E-state index contributed by atoms with van der Waals surface area (Å²) in [6, 6.07) is 0. The zero-order chi connectivity index (χ0) is 22.7. The average Bonchev–Trinajstić information content (AvgIpc) is 2.78. The zero-order valence-electron chi connectivity index (χ0n) is 21.9. The van der Waals surface area contributed by atoms with Gasteiger partial charge >= 0.3 is 0 Å². The maximum Gasteiger partial charge on any atom is 0.0107 e. The van der Waals surface area contributed by atoms with E-state index in [1.54, 1.807) is 0 Å². The fraction of sp³-hybridized carbons (Fsp3) is 1.00. The largest absolute Gasteiger partial charge is 0.329 e. The number of rotatable bonds is 27. The normalized spacial score (nSPS) is 11.6. The highest BCUT2D eigenvalue weighted by atomic mass is 15.1. The summed E-state index contributed by atoms with van der Waals surface area (Å²) in [6.45, 7) is 11.1. The van der Waals surface area contributed by atoms with Gasteiger partial charge in [0.15, 0.2) is 0 Å². The van der Waals surface area contributed by atoms with Gasteiger partial charge in [-0.15, -0.1) is 0 Å². The number of unbranched alkanes of at least 4 members (excludes halogenated alkanes) is 18. The third kappa shape index (κ3) is 26.0. The average molecular weight is 440 g/mol. The molecule has 0 aliphatic heterocycles. The van der Waals surface area contributed by atoms with Gasteiger partial charge in [0.05, 0.1) is 0 Å². The quantitative estimate of drug-likeness (QED) is 0.129. The summed E-state index contributed by atoms with van der Waals surface area (Å²) >= 11 is 0. The van der Waals surface area contributed by atoms with Gasteiger partial charge in [0.1, 0.15) is 0 Å². The number of hydrogen-bond acceptors (Lipinski definition) is 3. The molecule has 0 fully saturated rings. The second-order valence-corrected chi connectivity index (χ2v) is 9.74. The first-order chi connectivity index (χ1) is 15.3. The molecule has 0 radical (unpaired) electrons. The molecule has 0 aromatic rings. The summed E-state index contributed by atoms with van der Waals surface area (Å²) in [6.07, 6.45) is 28.3. The summed E-state index contributed by atoms with van der Waals surface area (Å²) < 4.78 is 0. The fourth-order valence-corrected chi connectivity index (χ4v) is 4.44. The topological polar surface area (TPSA) is 41.3 Å². The van der Waals surface area contributed by atoms with E-state index in [1.165, 1.54) is 142 Å². The standard InChI is InChI=1S/C28H61N3/c1-3-5-7-9-11-13-15-17-19-21-24-30-25-28-31(27-23-29)26-22-20-18-16-14-12-10-8-6-4-2/h30H,3-29H2,1-2H3. The zero-order valence-corrected chi connectivity index (χ0v) is 21.9. The van der Waals surface area contributed by atoms with Gasteiger partial charge in [-0.1, -0.05) is 129 Å². The monoisotopic (exact) mass is 439 g/mol. The summed E-state index contributed by atoms with van der Waals surface area (Å²) in [5.41, 5.74) is 5.83. The van der Waals surface area contributed by atoms with Crippen molar-refractivity contribution in [3.8, 4) is 0 Å². The van der Waals surface area contributed by atoms with E-state index < -0.39 is 0 Å². The molecule has 0 bridgehead atoms. The Bertz CT molecular complexity index is 309. The molecule has 0 heterocycles. The van der Waals surface area contributed by atoms with Gasteiger partial charge < -0.3 is 16.0 Å². The number of nitrogens with zero attached hydrogens (tertiary/aromatic N) is 1. The van der Waals surface area contributed by atoms with E-state index in [-0.39, 0.29) is 0 Å². The molecule has 0 amide bonds. The Hall–Kier alpha value is -0.120. The van der Waals surface area contributed by atoms with Crippen molar-refractivity contribution in [1.29, 1.82) is 0 Å². The lowest BCUT2D eigenvalue weighted by molar-refractivity contribution is 0.273. The SMILES string of the molecule is CCCCCCCCCCCCNCCN(CCN)CCCCCCCCCCCC. The van der Waals surface area contributed by atoms with Crippen LogP contribution >= 0.6 is 0 Å². The Morgan fingerprint density at radius 1 is 0.452 bits per heavy atom. The summed E-state index contributed by atoms with van der Waals surface area (Å²) in [5.74, 6) is 0. The number of nitrogens with two attached hydrogens (primary N) is 1. The van der Waals surface area contributed by atoms with Crippen molar-refractivity contribution < 1.29 is 0 Å². The Kier molecular flexibility index (Phi) is 27.8. The van der Waals surface area contributed by atoms with E-state index in [1.807, 2.05) is 0 Å². The molecule has 0 aromatic carbocycles. The smallest absolute Gasteiger partial charge is 0.0107 e. The summed E-state index contributed by atoms with van der Waals surface area (Å²) in [7, 11) is 0. The minimum atomic E-state index is 0.788. The minimum Gasteiger partial charge on any atom is -0.329 e. The van der Waals surface area contributed by atoms with Crippen molar-refractivity contribution in [2.75, 3.05) is 39.3 Å². The second kappa shape index (κ2) is 27.9. The first-order valence-electron chi connectivity index (χ1n) is 14.5. The fourth-order valence-electron chi connectivity index (χ4n) is 4.44. The first-order valence-corrected chi connectivity index (χ1v) is 14.5. The van der Waals surface area contributed by atoms with E-state index in [4.69, 9.17) is 5.73 Å². The van der Waals surface area contributed by atoms with Crippen LogP contribution in [0.1, 0.15) is 142 Å². The van der Waals surface area contributed by atoms with Crippen LogP contribution in [0.15, 0.2) is 0 Å². The molecule has 0 aliphatic carbocycles. The van der Waals surface area contributed by atoms with E-state index in [0.29, 0.717) is 0 Å². The number of nitrogens with one attached hydrogen (secondary N) is 1. The van der Waals surface area contributed by atoms with Crippen LogP contribution in [0.3, 0.4) is 0 Å². The molecule has 0 saturated heterocycles. The molecule has 0 rings (SSSR count). The highest BCUT2D eigenvalue weighted by molar-refractivity contribution is 4.61. The van der Waals surface area contributed by atoms with E-state index in [9.17, 15) is 0 Å². The van der Waals surface area contributed by atoms with E-state index in [0.717, 1.165) is 26.2 Å². The van der Waals surface area contributed by atoms with Crippen molar-refractivity contribution in [3.63, 3.8) is 0 Å². The number of hydrogen-bond donors (Lipinski definition) is 2. The molecular formula is C28H61N3. The second-order valence-electron chi connectivity index (χ2n) is 9.74. The van der Waals surface area contributed by atoms with E-state index >= 15 is 0 Å². The van der Waals surface area contributed by atoms with Gasteiger partial charge in [-0.2, -0.15) is 0 Å². The highest BCUT2D eigenvalue weighted by Gasteiger charge is 2.03. The summed E-state index contributed by atoms with van der Waals surface area (Å²) in [4.78, 5) is 2.57. The van der Waals surface area contributed by atoms with Crippen LogP contribution in [0, 0.1) is 0 Å². The minimum absolute atomic E-state index is 0.788. The third-order valence-electron chi connectivity index (χ3n) is 6.59. The van der Waals surface area contributed by atoms with Gasteiger partial charge in [-0.25, -0.2) is 0 Å². The van der Waals surface area contributed by atoms with Crippen LogP contribution in [-0.4, -0.2) is 44.2 Å². The van der Waals surface area contributed by atoms with Gasteiger partial charge in [-0.3, -0.25) is 0 Å². The highest BCUT2D eigenvalue weighted by Crippen LogP contribution is 2.11. The maximum atomic E-state index is 5.83. The first kappa shape index (κ1) is 30.9. The van der Waals surface area contributed by atoms with Crippen LogP contribution < -0.4 is 11.1 Å². The predicted octanol–water partition coefficient (Wildman–Crippen LogP) is 7.68. The molecule has 3 nitrogen and oxygen atoms in total. The maximum absolute atomic E-state index is 5.83. The van der Waals surface area contributed by atoms with Crippen LogP contribution in [0.2, 0.25) is 0 Å². The van der Waals surface area contributed by atoms with Crippen molar-refractivity contribution in [2.24, 2.45) is 5.73 Å². The van der Waals surface area contributed by atoms with Crippen LogP contribution in [0.4, 0.5) is 0 Å².